The normalized spacial score (nSPS) is 19.6. The van der Waals surface area contributed by atoms with Crippen LogP contribution < -0.4 is 11.1 Å². The molecule has 9 heteroatoms. The summed E-state index contributed by atoms with van der Waals surface area (Å²) < 4.78 is 14.4. The molecule has 3 rings (SSSR count). The van der Waals surface area contributed by atoms with Crippen molar-refractivity contribution in [2.45, 2.75) is 103 Å². The number of amides is 1. The van der Waals surface area contributed by atoms with Gasteiger partial charge in [0.2, 0.25) is 0 Å². The van der Waals surface area contributed by atoms with Crippen molar-refractivity contribution < 1.29 is 14.0 Å². The Balaban J connectivity index is 1.65. The monoisotopic (exact) mass is 532 g/mol. The first-order valence-corrected chi connectivity index (χ1v) is 20.1. The highest BCUT2D eigenvalue weighted by molar-refractivity contribution is 6.76. The molecule has 3 N–H and O–H groups in total. The summed E-state index contributed by atoms with van der Waals surface area (Å²) in [6.07, 6.45) is 7.93. The molecule has 0 unspecified atom stereocenters. The van der Waals surface area contributed by atoms with Crippen LogP contribution in [0.2, 0.25) is 43.8 Å². The van der Waals surface area contributed by atoms with E-state index in [4.69, 9.17) is 14.9 Å². The van der Waals surface area contributed by atoms with Crippen molar-refractivity contribution in [2.24, 2.45) is 11.7 Å². The number of nitrogens with two attached hydrogens (primary N) is 1. The number of primary amides is 1. The molecule has 0 aromatic carbocycles. The Morgan fingerprint density at radius 1 is 1.17 bits per heavy atom. The van der Waals surface area contributed by atoms with Gasteiger partial charge in [-0.1, -0.05) is 40.4 Å². The smallest absolute Gasteiger partial charge is 0.252 e. The molecule has 2 aromatic heterocycles. The van der Waals surface area contributed by atoms with Gasteiger partial charge in [0, 0.05) is 45.1 Å². The van der Waals surface area contributed by atoms with Gasteiger partial charge in [-0.05, 0) is 61.8 Å². The average Bonchev–Trinajstić information content (AvgIpc) is 3.18. The molecule has 1 saturated carbocycles. The SMILES string of the molecule is CC(C)(C)[Si](C)(C)OCC1CCC(Nc2c(C(N)=O)cnc3c2ccn3COCC[Si](C)(C)C)CC1. The molecular weight excluding hydrogens is 484 g/mol. The molecule has 0 spiro atoms. The molecule has 0 saturated heterocycles. The van der Waals surface area contributed by atoms with Gasteiger partial charge >= 0.3 is 0 Å². The zero-order valence-electron chi connectivity index (χ0n) is 23.7. The number of nitrogens with zero attached hydrogens (tertiary/aromatic N) is 2. The van der Waals surface area contributed by atoms with Gasteiger partial charge < -0.3 is 24.8 Å². The predicted octanol–water partition coefficient (Wildman–Crippen LogP) is 6.44. The summed E-state index contributed by atoms with van der Waals surface area (Å²) in [6, 6.07) is 3.44. The van der Waals surface area contributed by atoms with Crippen molar-refractivity contribution in [1.29, 1.82) is 0 Å². The van der Waals surface area contributed by atoms with Gasteiger partial charge in [0.05, 0.1) is 11.3 Å². The predicted molar refractivity (Wildman–Crippen MR) is 155 cm³/mol. The fourth-order valence-corrected chi connectivity index (χ4v) is 6.19. The molecule has 1 fully saturated rings. The van der Waals surface area contributed by atoms with E-state index < -0.39 is 22.3 Å². The maximum atomic E-state index is 12.2. The zero-order chi connectivity index (χ0) is 26.7. The molecule has 2 heterocycles. The molecular formula is C27H48N4O3Si2. The minimum Gasteiger partial charge on any atom is -0.417 e. The second kappa shape index (κ2) is 11.4. The summed E-state index contributed by atoms with van der Waals surface area (Å²) in [5, 5.41) is 4.83. The van der Waals surface area contributed by atoms with Crippen LogP contribution in [0.15, 0.2) is 18.5 Å². The largest absolute Gasteiger partial charge is 0.417 e. The van der Waals surface area contributed by atoms with Gasteiger partial charge in [0.1, 0.15) is 12.4 Å². The second-order valence-corrected chi connectivity index (χ2v) is 23.6. The summed E-state index contributed by atoms with van der Waals surface area (Å²) >= 11 is 0. The molecule has 36 heavy (non-hydrogen) atoms. The molecule has 1 amide bonds. The Kier molecular flexibility index (Phi) is 9.12. The fourth-order valence-electron chi connectivity index (χ4n) is 4.35. The van der Waals surface area contributed by atoms with Gasteiger partial charge in [-0.15, -0.1) is 0 Å². The summed E-state index contributed by atoms with van der Waals surface area (Å²) in [4.78, 5) is 16.8. The maximum absolute atomic E-state index is 12.2. The first-order valence-electron chi connectivity index (χ1n) is 13.4. The van der Waals surface area contributed by atoms with E-state index in [1.165, 1.54) is 0 Å². The minimum absolute atomic E-state index is 0.236. The maximum Gasteiger partial charge on any atom is 0.252 e. The molecule has 0 atom stereocenters. The highest BCUT2D eigenvalue weighted by Gasteiger charge is 2.38. The first kappa shape index (κ1) is 28.9. The van der Waals surface area contributed by atoms with Crippen LogP contribution in [0.1, 0.15) is 56.8 Å². The van der Waals surface area contributed by atoms with Crippen molar-refractivity contribution >= 4 is 39.0 Å². The van der Waals surface area contributed by atoms with Crippen molar-refractivity contribution in [3.8, 4) is 0 Å². The van der Waals surface area contributed by atoms with Gasteiger partial charge in [-0.2, -0.15) is 0 Å². The minimum atomic E-state index is -1.72. The zero-order valence-corrected chi connectivity index (χ0v) is 25.7. The fraction of sp³-hybridized carbons (Fsp3) is 0.704. The number of carbonyl (C=O) groups is 1. The van der Waals surface area contributed by atoms with Crippen LogP contribution in [0.5, 0.6) is 0 Å². The summed E-state index contributed by atoms with van der Waals surface area (Å²) in [6.45, 7) is 20.6. The third kappa shape index (κ3) is 7.43. The number of ether oxygens (including phenoxy) is 1. The van der Waals surface area contributed by atoms with Crippen molar-refractivity contribution in [3.05, 3.63) is 24.0 Å². The Labute approximate surface area is 219 Å². The highest BCUT2D eigenvalue weighted by atomic mass is 28.4. The number of hydrogen-bond donors (Lipinski definition) is 2. The van der Waals surface area contributed by atoms with Crippen LogP contribution >= 0.6 is 0 Å². The Morgan fingerprint density at radius 3 is 2.42 bits per heavy atom. The molecule has 202 valence electrons. The van der Waals surface area contributed by atoms with Crippen LogP contribution in [0, 0.1) is 5.92 Å². The number of hydrogen-bond acceptors (Lipinski definition) is 5. The van der Waals surface area contributed by atoms with Crippen LogP contribution in [0.4, 0.5) is 5.69 Å². The average molecular weight is 533 g/mol. The number of fused-ring (bicyclic) bond motifs is 1. The van der Waals surface area contributed by atoms with E-state index in [0.717, 1.165) is 61.7 Å². The van der Waals surface area contributed by atoms with E-state index in [1.807, 2.05) is 16.8 Å². The summed E-state index contributed by atoms with van der Waals surface area (Å²) in [7, 11) is -2.85. The lowest BCUT2D eigenvalue weighted by molar-refractivity contribution is 0.0899. The van der Waals surface area contributed by atoms with Crippen LogP contribution in [0.25, 0.3) is 11.0 Å². The molecule has 2 aromatic rings. The number of carbonyl (C=O) groups excluding carboxylic acids is 1. The lowest BCUT2D eigenvalue weighted by Crippen LogP contribution is -2.42. The Hall–Kier alpha value is -1.69. The number of nitrogens with one attached hydrogen (secondary N) is 1. The first-order chi connectivity index (χ1) is 16.7. The molecule has 0 bridgehead atoms. The van der Waals surface area contributed by atoms with E-state index in [0.29, 0.717) is 24.3 Å². The third-order valence-electron chi connectivity index (χ3n) is 7.96. The summed E-state index contributed by atoms with van der Waals surface area (Å²) in [5.74, 6) is 0.141. The van der Waals surface area contributed by atoms with Crippen molar-refractivity contribution in [3.63, 3.8) is 0 Å². The van der Waals surface area contributed by atoms with Crippen LogP contribution in [-0.4, -0.2) is 51.1 Å². The van der Waals surface area contributed by atoms with Gasteiger partial charge in [-0.3, -0.25) is 4.79 Å². The van der Waals surface area contributed by atoms with E-state index >= 15 is 0 Å². The third-order valence-corrected chi connectivity index (χ3v) is 14.2. The molecule has 1 aliphatic carbocycles. The topological polar surface area (TPSA) is 91.4 Å². The van der Waals surface area contributed by atoms with Gasteiger partial charge in [0.25, 0.3) is 5.91 Å². The second-order valence-electron chi connectivity index (χ2n) is 13.2. The number of pyridine rings is 1. The Morgan fingerprint density at radius 2 is 1.83 bits per heavy atom. The van der Waals surface area contributed by atoms with Crippen molar-refractivity contribution in [1.82, 2.24) is 9.55 Å². The molecule has 0 aliphatic heterocycles. The van der Waals surface area contributed by atoms with E-state index in [2.05, 4.69) is 63.8 Å². The molecule has 1 aliphatic rings. The molecule has 0 radical (unpaired) electrons. The van der Waals surface area contributed by atoms with Crippen LogP contribution in [0.3, 0.4) is 0 Å². The van der Waals surface area contributed by atoms with Crippen molar-refractivity contribution in [2.75, 3.05) is 18.5 Å². The highest BCUT2D eigenvalue weighted by Crippen LogP contribution is 2.38. The standard InChI is InChI=1S/C27H48N4O3Si2/c1-27(2,3)36(7,8)34-18-20-9-11-21(12-10-20)30-24-22-13-14-31(19-33-15-16-35(4,5)6)26(22)29-17-23(24)25(28)32/h13-14,17,20-21H,9-12,15-16,18-19H2,1-8H3,(H2,28,32)(H,29,30). The quantitative estimate of drug-likeness (QED) is 0.257. The van der Waals surface area contributed by atoms with Gasteiger partial charge in [0.15, 0.2) is 8.32 Å². The van der Waals surface area contributed by atoms with E-state index in [9.17, 15) is 4.79 Å². The summed E-state index contributed by atoms with van der Waals surface area (Å²) in [5.41, 5.74) is 7.79. The van der Waals surface area contributed by atoms with Gasteiger partial charge in [-0.25, -0.2) is 4.98 Å². The lowest BCUT2D eigenvalue weighted by Gasteiger charge is -2.38. The Bertz CT molecular complexity index is 1030. The van der Waals surface area contributed by atoms with Crippen LogP contribution in [-0.2, 0) is 15.9 Å². The van der Waals surface area contributed by atoms with E-state index in [-0.39, 0.29) is 5.04 Å². The van der Waals surface area contributed by atoms with E-state index in [1.54, 1.807) is 6.20 Å². The lowest BCUT2D eigenvalue weighted by atomic mass is 9.86. The number of aromatic nitrogens is 2. The number of anilines is 1. The number of rotatable bonds is 11. The molecule has 7 nitrogen and oxygen atoms in total.